The van der Waals surface area contributed by atoms with Crippen LogP contribution < -0.4 is 11.5 Å². The minimum Gasteiger partial charge on any atom is -0.480 e. The lowest BCUT2D eigenvalue weighted by Gasteiger charge is -2.03. The fourth-order valence-corrected chi connectivity index (χ4v) is 0.632. The lowest BCUT2D eigenvalue weighted by molar-refractivity contribution is -0.138. The van der Waals surface area contributed by atoms with Crippen LogP contribution in [-0.4, -0.2) is 43.2 Å². The Labute approximate surface area is 105 Å². The summed E-state index contributed by atoms with van der Waals surface area (Å²) in [4.78, 5) is 38.8. The molecule has 0 bridgehead atoms. The van der Waals surface area contributed by atoms with Crippen molar-refractivity contribution in [3.05, 3.63) is 0 Å². The molecule has 0 aromatic carbocycles. The molecule has 0 rings (SSSR count). The van der Waals surface area contributed by atoms with Crippen molar-refractivity contribution >= 4 is 22.5 Å². The van der Waals surface area contributed by atoms with Crippen molar-refractivity contribution in [1.29, 1.82) is 0 Å². The van der Waals surface area contributed by atoms with Gasteiger partial charge in [0, 0.05) is 0 Å². The van der Waals surface area contributed by atoms with Crippen LogP contribution in [0.25, 0.3) is 0 Å². The van der Waals surface area contributed by atoms with Crippen molar-refractivity contribution in [2.45, 2.75) is 25.3 Å². The maximum absolute atomic E-state index is 10.1. The first-order valence-electron chi connectivity index (χ1n) is 4.67. The number of hydrogen-bond donors (Lipinski definition) is 7. The van der Waals surface area contributed by atoms with E-state index >= 15 is 0 Å². The maximum atomic E-state index is 10.1. The van der Waals surface area contributed by atoms with Crippen molar-refractivity contribution in [3.63, 3.8) is 0 Å². The zero-order valence-electron chi connectivity index (χ0n) is 9.52. The average Bonchev–Trinajstić information content (AvgIpc) is 2.15. The van der Waals surface area contributed by atoms with Gasteiger partial charge in [0.25, 0.3) is 0 Å². The largest absolute Gasteiger partial charge is 0.480 e. The van der Waals surface area contributed by atoms with Gasteiger partial charge >= 0.3 is 22.5 Å². The van der Waals surface area contributed by atoms with Gasteiger partial charge in [-0.15, -0.1) is 0 Å². The van der Waals surface area contributed by atoms with Crippen LogP contribution in [0.5, 0.6) is 0 Å². The number of carboxylic acids is 1. The molecule has 1 atom stereocenters. The predicted molar refractivity (Wildman–Crippen MR) is 65.4 cm³/mol. The zero-order valence-corrected chi connectivity index (χ0v) is 11.5. The highest BCUT2D eigenvalue weighted by atomic mass is 31.1. The standard InChI is InChI=1S/C6H14N2O2.2H3O3P/c7-4-2-1-3-5(8)6(9)10;2*1-4(2)3/h5H,1-4,7-8H2,(H,9,10);2*4H,(H2,1,2,3)/t5-;;/m0../s1. The van der Waals surface area contributed by atoms with Gasteiger partial charge in [-0.1, -0.05) is 6.42 Å². The van der Waals surface area contributed by atoms with Crippen LogP contribution in [-0.2, 0) is 13.9 Å². The lowest BCUT2D eigenvalue weighted by atomic mass is 10.1. The average molecular weight is 310 g/mol. The molecule has 0 aromatic rings. The summed E-state index contributed by atoms with van der Waals surface area (Å²) in [5, 5.41) is 8.33. The molecule has 0 saturated carbocycles. The van der Waals surface area contributed by atoms with E-state index in [9.17, 15) is 4.79 Å². The molecule has 18 heavy (non-hydrogen) atoms. The van der Waals surface area contributed by atoms with E-state index in [1.165, 1.54) is 0 Å². The van der Waals surface area contributed by atoms with Gasteiger partial charge in [0.1, 0.15) is 6.04 Å². The molecule has 0 aromatic heterocycles. The number of carboxylic acid groups (broad SMARTS) is 1. The molecule has 0 fully saturated rings. The van der Waals surface area contributed by atoms with E-state index in [1.807, 2.05) is 0 Å². The number of nitrogens with two attached hydrogens (primary N) is 2. The molecule has 0 radical (unpaired) electrons. The highest BCUT2D eigenvalue weighted by molar-refractivity contribution is 7.31. The van der Waals surface area contributed by atoms with Crippen LogP contribution in [0.1, 0.15) is 19.3 Å². The summed E-state index contributed by atoms with van der Waals surface area (Å²) in [5.74, 6) is -0.933. The summed E-state index contributed by atoms with van der Waals surface area (Å²) < 4.78 is 17.5. The summed E-state index contributed by atoms with van der Waals surface area (Å²) in [6, 6.07) is -0.716. The first-order valence-corrected chi connectivity index (χ1v) is 7.27. The Balaban J connectivity index is -0.000000233. The smallest absolute Gasteiger partial charge is 0.320 e. The monoisotopic (exact) mass is 310 g/mol. The third-order valence-corrected chi connectivity index (χ3v) is 1.29. The second kappa shape index (κ2) is 16.7. The topological polar surface area (TPSA) is 204 Å². The number of carbonyl (C=O) groups is 1. The van der Waals surface area contributed by atoms with Gasteiger partial charge in [-0.3, -0.25) is 13.9 Å². The van der Waals surface area contributed by atoms with Gasteiger partial charge in [0.05, 0.1) is 0 Å². The first-order chi connectivity index (χ1) is 8.14. The normalized spacial score (nSPS) is 11.1. The molecule has 0 aliphatic rings. The number of hydrogen-bond acceptors (Lipinski definition) is 5. The maximum Gasteiger partial charge on any atom is 0.320 e. The molecule has 12 heteroatoms. The number of aliphatic carboxylic acids is 1. The Kier molecular flexibility index (Phi) is 21.2. The van der Waals surface area contributed by atoms with E-state index in [0.717, 1.165) is 12.8 Å². The van der Waals surface area contributed by atoms with Gasteiger partial charge in [-0.25, -0.2) is 0 Å². The van der Waals surface area contributed by atoms with E-state index in [2.05, 4.69) is 0 Å². The van der Waals surface area contributed by atoms with Crippen molar-refractivity contribution in [3.8, 4) is 0 Å². The summed E-state index contributed by atoms with van der Waals surface area (Å²) >= 11 is 0. The number of unbranched alkanes of at least 4 members (excludes halogenated alkanes) is 1. The third-order valence-electron chi connectivity index (χ3n) is 1.29. The first kappa shape index (κ1) is 22.8. The molecule has 112 valence electrons. The lowest BCUT2D eigenvalue weighted by Crippen LogP contribution is -2.29. The molecular formula is C6H20N2O8P2. The Hall–Kier alpha value is -0.310. The molecule has 9 N–H and O–H groups in total. The van der Waals surface area contributed by atoms with Gasteiger partial charge in [-0.05, 0) is 19.4 Å². The van der Waals surface area contributed by atoms with E-state index < -0.39 is 28.5 Å². The minimum atomic E-state index is -3.13. The van der Waals surface area contributed by atoms with Gasteiger partial charge in [0.2, 0.25) is 0 Å². The molecule has 0 saturated heterocycles. The summed E-state index contributed by atoms with van der Waals surface area (Å²) in [5.41, 5.74) is 10.4. The Morgan fingerprint density at radius 2 is 1.39 bits per heavy atom. The van der Waals surface area contributed by atoms with Crippen LogP contribution in [0, 0.1) is 0 Å². The predicted octanol–water partition coefficient (Wildman–Crippen LogP) is -1.75. The SMILES string of the molecule is NCCCC[C@H](N)C(=O)O.O=[PH](O)O.O=[PH](O)O. The van der Waals surface area contributed by atoms with Gasteiger partial charge in [-0.2, -0.15) is 0 Å². The van der Waals surface area contributed by atoms with Crippen LogP contribution >= 0.6 is 16.5 Å². The molecule has 0 aliphatic carbocycles. The molecule has 0 unspecified atom stereocenters. The highest BCUT2D eigenvalue weighted by Crippen LogP contribution is 1.99. The minimum absolute atomic E-state index is 0.520. The molecule has 10 nitrogen and oxygen atoms in total. The molecule has 0 heterocycles. The second-order valence-corrected chi connectivity index (χ2v) is 3.92. The van der Waals surface area contributed by atoms with Crippen molar-refractivity contribution in [2.24, 2.45) is 11.5 Å². The van der Waals surface area contributed by atoms with Crippen molar-refractivity contribution in [1.82, 2.24) is 0 Å². The van der Waals surface area contributed by atoms with Gasteiger partial charge in [0.15, 0.2) is 0 Å². The van der Waals surface area contributed by atoms with Crippen LogP contribution in [0.15, 0.2) is 0 Å². The Bertz CT molecular complexity index is 232. The number of rotatable bonds is 5. The van der Waals surface area contributed by atoms with E-state index in [1.54, 1.807) is 0 Å². The third kappa shape index (κ3) is 44.8. The quantitative estimate of drug-likeness (QED) is 0.225. The van der Waals surface area contributed by atoms with E-state index in [-0.39, 0.29) is 0 Å². The molecule has 0 spiro atoms. The van der Waals surface area contributed by atoms with Crippen LogP contribution in [0.2, 0.25) is 0 Å². The molecule has 0 amide bonds. The zero-order chi connectivity index (χ0) is 15.1. The van der Waals surface area contributed by atoms with Gasteiger partial charge < -0.3 is 36.1 Å². The Morgan fingerprint density at radius 1 is 1.06 bits per heavy atom. The summed E-state index contributed by atoms with van der Waals surface area (Å²) in [6.07, 6.45) is 2.16. The van der Waals surface area contributed by atoms with E-state index in [4.69, 9.17) is 45.3 Å². The summed E-state index contributed by atoms with van der Waals surface area (Å²) in [7, 11) is -6.26. The molecule has 0 aliphatic heterocycles. The van der Waals surface area contributed by atoms with Crippen LogP contribution in [0.3, 0.4) is 0 Å². The van der Waals surface area contributed by atoms with Crippen molar-refractivity contribution < 1.29 is 38.6 Å². The van der Waals surface area contributed by atoms with E-state index in [0.29, 0.717) is 13.0 Å². The Morgan fingerprint density at radius 3 is 1.61 bits per heavy atom. The second-order valence-electron chi connectivity index (χ2n) is 2.79. The highest BCUT2D eigenvalue weighted by Gasteiger charge is 2.09. The summed E-state index contributed by atoms with van der Waals surface area (Å²) in [6.45, 7) is 0.604. The fourth-order valence-electron chi connectivity index (χ4n) is 0.632. The fraction of sp³-hybridized carbons (Fsp3) is 0.833. The van der Waals surface area contributed by atoms with Crippen molar-refractivity contribution in [2.75, 3.05) is 6.54 Å². The molecular weight excluding hydrogens is 290 g/mol. The van der Waals surface area contributed by atoms with Crippen LogP contribution in [0.4, 0.5) is 0 Å².